The summed E-state index contributed by atoms with van der Waals surface area (Å²) in [6, 6.07) is 9.13. The van der Waals surface area contributed by atoms with Crippen LogP contribution in [0.15, 0.2) is 24.3 Å². The van der Waals surface area contributed by atoms with Crippen molar-refractivity contribution < 1.29 is 9.53 Å². The Bertz CT molecular complexity index is 393. The number of nitriles is 1. The number of rotatable bonds is 6. The lowest BCUT2D eigenvalue weighted by molar-refractivity contribution is 0.0948. The van der Waals surface area contributed by atoms with Gasteiger partial charge in [-0.25, -0.2) is 0 Å². The van der Waals surface area contributed by atoms with Crippen LogP contribution in [0, 0.1) is 11.3 Å². The summed E-state index contributed by atoms with van der Waals surface area (Å²) >= 11 is 0. The van der Waals surface area contributed by atoms with Gasteiger partial charge in [-0.1, -0.05) is 12.1 Å². The summed E-state index contributed by atoms with van der Waals surface area (Å²) in [5.41, 5.74) is 1.53. The highest BCUT2D eigenvalue weighted by Crippen LogP contribution is 2.04. The molecule has 0 radical (unpaired) electrons. The number of nitrogens with one attached hydrogen (secondary N) is 1. The number of methoxy groups -OCH3 is 1. The van der Waals surface area contributed by atoms with Gasteiger partial charge in [0.15, 0.2) is 0 Å². The van der Waals surface area contributed by atoms with Crippen LogP contribution in [-0.2, 0) is 11.2 Å². The van der Waals surface area contributed by atoms with Crippen molar-refractivity contribution >= 4 is 5.91 Å². The third kappa shape index (κ3) is 4.66. The predicted octanol–water partition coefficient (Wildman–Crippen LogP) is 1.52. The largest absolute Gasteiger partial charge is 0.385 e. The van der Waals surface area contributed by atoms with Gasteiger partial charge in [-0.2, -0.15) is 5.26 Å². The fraction of sp³-hybridized carbons (Fsp3) is 0.385. The maximum atomic E-state index is 11.7. The molecule has 1 N–H and O–H groups in total. The lowest BCUT2D eigenvalue weighted by atomic mass is 10.1. The molecular weight excluding hydrogens is 216 g/mol. The summed E-state index contributed by atoms with van der Waals surface area (Å²) in [7, 11) is 1.63. The third-order valence-corrected chi connectivity index (χ3v) is 2.31. The molecule has 90 valence electrons. The Morgan fingerprint density at radius 1 is 1.41 bits per heavy atom. The molecule has 4 nitrogen and oxygen atoms in total. The van der Waals surface area contributed by atoms with Crippen LogP contribution in [0.4, 0.5) is 0 Å². The van der Waals surface area contributed by atoms with Crippen molar-refractivity contribution in [3.05, 3.63) is 35.4 Å². The van der Waals surface area contributed by atoms with Gasteiger partial charge in [0.25, 0.3) is 5.91 Å². The zero-order valence-electron chi connectivity index (χ0n) is 9.90. The summed E-state index contributed by atoms with van der Waals surface area (Å²) in [4.78, 5) is 11.7. The van der Waals surface area contributed by atoms with Gasteiger partial charge in [-0.05, 0) is 24.1 Å². The van der Waals surface area contributed by atoms with E-state index < -0.39 is 0 Å². The van der Waals surface area contributed by atoms with Crippen molar-refractivity contribution in [3.8, 4) is 6.07 Å². The van der Waals surface area contributed by atoms with Crippen molar-refractivity contribution in [2.75, 3.05) is 20.3 Å². The Kier molecular flexibility index (Phi) is 5.76. The number of hydrogen-bond donors (Lipinski definition) is 1. The first-order valence-electron chi connectivity index (χ1n) is 5.51. The van der Waals surface area contributed by atoms with E-state index in [1.165, 1.54) is 0 Å². The van der Waals surface area contributed by atoms with Crippen LogP contribution in [0.3, 0.4) is 0 Å². The van der Waals surface area contributed by atoms with Crippen molar-refractivity contribution in [1.29, 1.82) is 5.26 Å². The average Bonchev–Trinajstić information content (AvgIpc) is 2.36. The van der Waals surface area contributed by atoms with Crippen molar-refractivity contribution in [2.45, 2.75) is 12.8 Å². The quantitative estimate of drug-likeness (QED) is 0.756. The molecule has 0 bridgehead atoms. The van der Waals surface area contributed by atoms with Crippen molar-refractivity contribution in [3.63, 3.8) is 0 Å². The molecule has 1 aromatic carbocycles. The van der Waals surface area contributed by atoms with E-state index in [0.29, 0.717) is 25.1 Å². The maximum absolute atomic E-state index is 11.7. The molecular formula is C13H16N2O2. The molecule has 1 rings (SSSR count). The summed E-state index contributed by atoms with van der Waals surface area (Å²) in [5, 5.41) is 11.3. The van der Waals surface area contributed by atoms with Gasteiger partial charge in [0.05, 0.1) is 12.5 Å². The number of hydrogen-bond acceptors (Lipinski definition) is 3. The minimum absolute atomic E-state index is 0.0930. The lowest BCUT2D eigenvalue weighted by Crippen LogP contribution is -2.25. The second kappa shape index (κ2) is 7.42. The molecule has 4 heteroatoms. The fourth-order valence-corrected chi connectivity index (χ4v) is 1.39. The molecule has 1 amide bonds. The highest BCUT2D eigenvalue weighted by Gasteiger charge is 2.04. The van der Waals surface area contributed by atoms with Crippen LogP contribution >= 0.6 is 0 Å². The number of nitrogens with zero attached hydrogens (tertiary/aromatic N) is 1. The minimum Gasteiger partial charge on any atom is -0.385 e. The first-order chi connectivity index (χ1) is 8.27. The second-order valence-electron chi connectivity index (χ2n) is 3.63. The van der Waals surface area contributed by atoms with Crippen molar-refractivity contribution in [2.24, 2.45) is 0 Å². The standard InChI is InChI=1S/C13H16N2O2/c1-17-10-2-9-15-13(16)12-5-3-11(4-6-12)7-8-14/h3-6H,2,7,9-10H2,1H3,(H,15,16). The molecule has 0 fully saturated rings. The molecule has 0 unspecified atom stereocenters. The number of carbonyl (C=O) groups excluding carboxylic acids is 1. The van der Waals surface area contributed by atoms with Gasteiger partial charge in [0.1, 0.15) is 0 Å². The summed E-state index contributed by atoms with van der Waals surface area (Å²) in [6.45, 7) is 1.24. The molecule has 0 aliphatic rings. The highest BCUT2D eigenvalue weighted by atomic mass is 16.5. The van der Waals surface area contributed by atoms with E-state index >= 15 is 0 Å². The van der Waals surface area contributed by atoms with E-state index in [2.05, 4.69) is 11.4 Å². The zero-order valence-corrected chi connectivity index (χ0v) is 9.90. The van der Waals surface area contributed by atoms with Crippen LogP contribution in [-0.4, -0.2) is 26.2 Å². The number of amides is 1. The Balaban J connectivity index is 2.44. The lowest BCUT2D eigenvalue weighted by Gasteiger charge is -2.05. The maximum Gasteiger partial charge on any atom is 0.251 e. The topological polar surface area (TPSA) is 62.1 Å². The molecule has 0 aliphatic heterocycles. The van der Waals surface area contributed by atoms with Crippen LogP contribution in [0.5, 0.6) is 0 Å². The SMILES string of the molecule is COCCCNC(=O)c1ccc(CC#N)cc1. The minimum atomic E-state index is -0.0930. The first kappa shape index (κ1) is 13.2. The summed E-state index contributed by atoms with van der Waals surface area (Å²) in [6.07, 6.45) is 1.17. The second-order valence-corrected chi connectivity index (χ2v) is 3.63. The molecule has 0 atom stereocenters. The first-order valence-corrected chi connectivity index (χ1v) is 5.51. The van der Waals surface area contributed by atoms with E-state index in [-0.39, 0.29) is 5.91 Å². The van der Waals surface area contributed by atoms with E-state index in [0.717, 1.165) is 12.0 Å². The van der Waals surface area contributed by atoms with Crippen LogP contribution in [0.2, 0.25) is 0 Å². The Morgan fingerprint density at radius 2 is 2.12 bits per heavy atom. The number of ether oxygens (including phenoxy) is 1. The van der Waals surface area contributed by atoms with Gasteiger partial charge in [0.2, 0.25) is 0 Å². The Morgan fingerprint density at radius 3 is 2.71 bits per heavy atom. The van der Waals surface area contributed by atoms with Crippen LogP contribution in [0.1, 0.15) is 22.3 Å². The predicted molar refractivity (Wildman–Crippen MR) is 64.6 cm³/mol. The van der Waals surface area contributed by atoms with Crippen LogP contribution < -0.4 is 5.32 Å². The summed E-state index contributed by atoms with van der Waals surface area (Å²) < 4.78 is 4.89. The fourth-order valence-electron chi connectivity index (χ4n) is 1.39. The van der Waals surface area contributed by atoms with E-state index in [4.69, 9.17) is 10.00 Å². The highest BCUT2D eigenvalue weighted by molar-refractivity contribution is 5.94. The molecule has 0 aromatic heterocycles. The molecule has 0 aliphatic carbocycles. The van der Waals surface area contributed by atoms with E-state index in [1.807, 2.05) is 0 Å². The smallest absolute Gasteiger partial charge is 0.251 e. The zero-order chi connectivity index (χ0) is 12.5. The average molecular weight is 232 g/mol. The molecule has 17 heavy (non-hydrogen) atoms. The number of carbonyl (C=O) groups is 1. The van der Waals surface area contributed by atoms with Gasteiger partial charge < -0.3 is 10.1 Å². The van der Waals surface area contributed by atoms with Gasteiger partial charge >= 0.3 is 0 Å². The molecule has 0 saturated carbocycles. The Labute approximate surface area is 101 Å². The third-order valence-electron chi connectivity index (χ3n) is 2.31. The molecule has 1 aromatic rings. The molecule has 0 saturated heterocycles. The summed E-state index contributed by atoms with van der Waals surface area (Å²) in [5.74, 6) is -0.0930. The molecule has 0 spiro atoms. The van der Waals surface area contributed by atoms with Crippen LogP contribution in [0.25, 0.3) is 0 Å². The van der Waals surface area contributed by atoms with Gasteiger partial charge in [0, 0.05) is 25.8 Å². The van der Waals surface area contributed by atoms with Crippen molar-refractivity contribution in [1.82, 2.24) is 5.32 Å². The normalized spacial score (nSPS) is 9.65. The molecule has 0 heterocycles. The van der Waals surface area contributed by atoms with E-state index in [9.17, 15) is 4.79 Å². The van der Waals surface area contributed by atoms with Gasteiger partial charge in [-0.3, -0.25) is 4.79 Å². The number of benzene rings is 1. The van der Waals surface area contributed by atoms with Gasteiger partial charge in [-0.15, -0.1) is 0 Å². The van der Waals surface area contributed by atoms with E-state index in [1.54, 1.807) is 31.4 Å². The Hall–Kier alpha value is -1.86. The monoisotopic (exact) mass is 232 g/mol.